The molecule has 21 heavy (non-hydrogen) atoms. The van der Waals surface area contributed by atoms with Crippen LogP contribution >= 0.6 is 0 Å². The first-order valence-electron chi connectivity index (χ1n) is 7.60. The highest BCUT2D eigenvalue weighted by Crippen LogP contribution is 2.22. The molecule has 0 spiro atoms. The van der Waals surface area contributed by atoms with Gasteiger partial charge in [-0.3, -0.25) is 0 Å². The number of rotatable bonds is 10. The first-order chi connectivity index (χ1) is 9.96. The Bertz CT molecular complexity index is 514. The van der Waals surface area contributed by atoms with Gasteiger partial charge in [-0.15, -0.1) is 0 Å². The second-order valence-electron chi connectivity index (χ2n) is 5.35. The Balaban J connectivity index is 2.80. The van der Waals surface area contributed by atoms with Crippen molar-refractivity contribution in [3.8, 4) is 5.75 Å². The predicted octanol–water partition coefficient (Wildman–Crippen LogP) is 2.95. The Labute approximate surface area is 128 Å². The van der Waals surface area contributed by atoms with Gasteiger partial charge in [-0.25, -0.2) is 8.42 Å². The first kappa shape index (κ1) is 18.0. The fraction of sp³-hybridized carbons (Fsp3) is 0.625. The van der Waals surface area contributed by atoms with Crippen molar-refractivity contribution < 1.29 is 13.2 Å². The molecule has 5 heteroatoms. The molecule has 1 unspecified atom stereocenters. The Morgan fingerprint density at radius 1 is 1.24 bits per heavy atom. The van der Waals surface area contributed by atoms with Crippen LogP contribution in [0, 0.1) is 0 Å². The van der Waals surface area contributed by atoms with E-state index < -0.39 is 9.84 Å². The van der Waals surface area contributed by atoms with Crippen LogP contribution in [0.25, 0.3) is 0 Å². The summed E-state index contributed by atoms with van der Waals surface area (Å²) in [6.45, 7) is 5.73. The van der Waals surface area contributed by atoms with Crippen LogP contribution in [-0.2, 0) is 9.84 Å². The summed E-state index contributed by atoms with van der Waals surface area (Å²) >= 11 is 0. The maximum Gasteiger partial charge on any atom is 0.147 e. The number of hydrogen-bond donors (Lipinski definition) is 1. The smallest absolute Gasteiger partial charge is 0.147 e. The summed E-state index contributed by atoms with van der Waals surface area (Å²) in [7, 11) is -2.95. The zero-order valence-corrected chi connectivity index (χ0v) is 14.1. The lowest BCUT2D eigenvalue weighted by Gasteiger charge is -2.19. The quantitative estimate of drug-likeness (QED) is 0.721. The first-order valence-corrected chi connectivity index (χ1v) is 9.66. The lowest BCUT2D eigenvalue weighted by molar-refractivity contribution is 0.316. The van der Waals surface area contributed by atoms with E-state index in [2.05, 4.69) is 19.2 Å². The normalized spacial score (nSPS) is 13.1. The molecule has 0 aromatic heterocycles. The number of benzene rings is 1. The fourth-order valence-corrected chi connectivity index (χ4v) is 2.74. The van der Waals surface area contributed by atoms with Crippen LogP contribution in [0.15, 0.2) is 24.3 Å². The number of ether oxygens (including phenoxy) is 1. The van der Waals surface area contributed by atoms with E-state index in [0.29, 0.717) is 13.0 Å². The molecule has 0 fully saturated rings. The Morgan fingerprint density at radius 3 is 2.62 bits per heavy atom. The van der Waals surface area contributed by atoms with E-state index >= 15 is 0 Å². The van der Waals surface area contributed by atoms with Crippen molar-refractivity contribution in [1.29, 1.82) is 0 Å². The second-order valence-corrected chi connectivity index (χ2v) is 7.61. The standard InChI is InChI=1S/C16H27NO3S/c1-4-10-17-16(9-12-21(3,18)19)14-7-6-8-15(13-14)20-11-5-2/h6-8,13,16-17H,4-5,9-12H2,1-3H3. The number of nitrogens with one attached hydrogen (secondary N) is 1. The minimum atomic E-state index is -2.95. The highest BCUT2D eigenvalue weighted by atomic mass is 32.2. The Morgan fingerprint density at radius 2 is 2.00 bits per heavy atom. The molecule has 1 N–H and O–H groups in total. The molecule has 1 aromatic carbocycles. The molecule has 0 saturated heterocycles. The Kier molecular flexibility index (Phi) is 7.75. The lowest BCUT2D eigenvalue weighted by Crippen LogP contribution is -2.24. The maximum atomic E-state index is 11.4. The van der Waals surface area contributed by atoms with Gasteiger partial charge >= 0.3 is 0 Å². The molecule has 0 aliphatic carbocycles. The molecule has 0 radical (unpaired) electrons. The van der Waals surface area contributed by atoms with Crippen LogP contribution < -0.4 is 10.1 Å². The fourth-order valence-electron chi connectivity index (χ4n) is 2.08. The molecule has 1 atom stereocenters. The van der Waals surface area contributed by atoms with Gasteiger partial charge in [0.1, 0.15) is 15.6 Å². The molecule has 4 nitrogen and oxygen atoms in total. The van der Waals surface area contributed by atoms with E-state index in [1.54, 1.807) is 0 Å². The summed E-state index contributed by atoms with van der Waals surface area (Å²) < 4.78 is 28.4. The van der Waals surface area contributed by atoms with Crippen molar-refractivity contribution >= 4 is 9.84 Å². The average molecular weight is 313 g/mol. The molecule has 0 bridgehead atoms. The molecular formula is C16H27NO3S. The van der Waals surface area contributed by atoms with Crippen molar-refractivity contribution in [2.45, 2.75) is 39.2 Å². The van der Waals surface area contributed by atoms with Crippen molar-refractivity contribution in [2.24, 2.45) is 0 Å². The third-order valence-corrected chi connectivity index (χ3v) is 4.13. The van der Waals surface area contributed by atoms with Gasteiger partial charge in [-0.05, 0) is 43.5 Å². The van der Waals surface area contributed by atoms with Crippen molar-refractivity contribution in [3.05, 3.63) is 29.8 Å². The lowest BCUT2D eigenvalue weighted by atomic mass is 10.0. The van der Waals surface area contributed by atoms with E-state index in [0.717, 1.165) is 30.7 Å². The van der Waals surface area contributed by atoms with Crippen molar-refractivity contribution in [3.63, 3.8) is 0 Å². The van der Waals surface area contributed by atoms with E-state index in [1.807, 2.05) is 24.3 Å². The molecule has 1 aromatic rings. The summed E-state index contributed by atoms with van der Waals surface area (Å²) in [5, 5.41) is 3.42. The number of sulfone groups is 1. The SMILES string of the molecule is CCCNC(CCS(C)(=O)=O)c1cccc(OCCC)c1. The zero-order chi connectivity index (χ0) is 15.7. The van der Waals surface area contributed by atoms with Crippen LogP contribution in [0.3, 0.4) is 0 Å². The third kappa shape index (κ3) is 7.48. The zero-order valence-electron chi connectivity index (χ0n) is 13.3. The molecule has 0 heterocycles. The molecular weight excluding hydrogens is 286 g/mol. The largest absolute Gasteiger partial charge is 0.494 e. The van der Waals surface area contributed by atoms with E-state index in [-0.39, 0.29) is 11.8 Å². The summed E-state index contributed by atoms with van der Waals surface area (Å²) in [6, 6.07) is 7.97. The van der Waals surface area contributed by atoms with Gasteiger partial charge in [0, 0.05) is 12.3 Å². The van der Waals surface area contributed by atoms with Crippen LogP contribution in [0.2, 0.25) is 0 Å². The molecule has 120 valence electrons. The van der Waals surface area contributed by atoms with Gasteiger partial charge in [-0.2, -0.15) is 0 Å². The van der Waals surface area contributed by atoms with E-state index in [9.17, 15) is 8.42 Å². The minimum absolute atomic E-state index is 0.0462. The molecule has 0 amide bonds. The van der Waals surface area contributed by atoms with Gasteiger partial charge in [0.05, 0.1) is 12.4 Å². The third-order valence-electron chi connectivity index (χ3n) is 3.15. The van der Waals surface area contributed by atoms with Gasteiger partial charge in [-0.1, -0.05) is 26.0 Å². The summed E-state index contributed by atoms with van der Waals surface area (Å²) in [5.41, 5.74) is 1.08. The van der Waals surface area contributed by atoms with Gasteiger partial charge < -0.3 is 10.1 Å². The van der Waals surface area contributed by atoms with Crippen LogP contribution in [0.4, 0.5) is 0 Å². The van der Waals surface area contributed by atoms with Crippen molar-refractivity contribution in [1.82, 2.24) is 5.32 Å². The summed E-state index contributed by atoms with van der Waals surface area (Å²) in [4.78, 5) is 0. The van der Waals surface area contributed by atoms with Crippen LogP contribution in [-0.4, -0.2) is 33.6 Å². The highest BCUT2D eigenvalue weighted by molar-refractivity contribution is 7.90. The van der Waals surface area contributed by atoms with E-state index in [4.69, 9.17) is 4.74 Å². The molecule has 0 saturated carbocycles. The van der Waals surface area contributed by atoms with Crippen LogP contribution in [0.1, 0.15) is 44.7 Å². The molecule has 0 aliphatic heterocycles. The second kappa shape index (κ2) is 9.05. The summed E-state index contributed by atoms with van der Waals surface area (Å²) in [5.74, 6) is 1.03. The topological polar surface area (TPSA) is 55.4 Å². The number of hydrogen-bond acceptors (Lipinski definition) is 4. The molecule has 1 rings (SSSR count). The maximum absolute atomic E-state index is 11.4. The van der Waals surface area contributed by atoms with Crippen LogP contribution in [0.5, 0.6) is 5.75 Å². The highest BCUT2D eigenvalue weighted by Gasteiger charge is 2.14. The van der Waals surface area contributed by atoms with E-state index in [1.165, 1.54) is 6.26 Å². The van der Waals surface area contributed by atoms with Gasteiger partial charge in [0.15, 0.2) is 0 Å². The average Bonchev–Trinajstić information content (AvgIpc) is 2.44. The monoisotopic (exact) mass is 313 g/mol. The summed E-state index contributed by atoms with van der Waals surface area (Å²) in [6.07, 6.45) is 3.85. The van der Waals surface area contributed by atoms with Gasteiger partial charge in [0.25, 0.3) is 0 Å². The predicted molar refractivity (Wildman–Crippen MR) is 87.6 cm³/mol. The Hall–Kier alpha value is -1.07. The van der Waals surface area contributed by atoms with Crippen molar-refractivity contribution in [2.75, 3.05) is 25.2 Å². The van der Waals surface area contributed by atoms with Gasteiger partial charge in [0.2, 0.25) is 0 Å². The molecule has 0 aliphatic rings. The minimum Gasteiger partial charge on any atom is -0.494 e.